The molecule has 4 aliphatic rings. The number of nitrogens with zero attached hydrogens (tertiary/aromatic N) is 1. The summed E-state index contributed by atoms with van der Waals surface area (Å²) < 4.78 is 10.6. The Morgan fingerprint density at radius 3 is 2.52 bits per heavy atom. The molecule has 1 heterocycles. The highest BCUT2D eigenvalue weighted by Crippen LogP contribution is 2.66. The first-order valence-corrected chi connectivity index (χ1v) is 19.3. The van der Waals surface area contributed by atoms with Crippen molar-refractivity contribution in [3.8, 4) is 0 Å². The molecule has 292 valence electrons. The van der Waals surface area contributed by atoms with Gasteiger partial charge in [0.05, 0.1) is 18.8 Å². The van der Waals surface area contributed by atoms with Crippen LogP contribution in [0.15, 0.2) is 84.7 Å². The number of carbonyl (C=O) groups excluding carboxylic acids is 5. The average molecular weight is 761 g/mol. The van der Waals surface area contributed by atoms with Gasteiger partial charge in [0.1, 0.15) is 12.2 Å². The van der Waals surface area contributed by atoms with E-state index in [4.69, 9.17) is 20.6 Å². The third kappa shape index (κ3) is 7.12. The lowest BCUT2D eigenvalue weighted by Crippen LogP contribution is -2.60. The molecular weight excluding hydrogens is 713 g/mol. The van der Waals surface area contributed by atoms with Crippen molar-refractivity contribution in [1.29, 1.82) is 5.41 Å². The van der Waals surface area contributed by atoms with E-state index in [1.165, 1.54) is 0 Å². The number of benzene rings is 2. The summed E-state index contributed by atoms with van der Waals surface area (Å²) in [5.41, 5.74) is 6.43. The highest BCUT2D eigenvalue weighted by molar-refractivity contribution is 6.02. The summed E-state index contributed by atoms with van der Waals surface area (Å²) in [7, 11) is 0. The number of aromatic nitrogens is 1. The van der Waals surface area contributed by atoms with Crippen molar-refractivity contribution < 1.29 is 38.6 Å². The van der Waals surface area contributed by atoms with Crippen LogP contribution in [0.4, 0.5) is 5.69 Å². The van der Waals surface area contributed by atoms with E-state index in [9.17, 15) is 29.1 Å². The zero-order valence-electron chi connectivity index (χ0n) is 31.7. The van der Waals surface area contributed by atoms with Gasteiger partial charge in [-0.15, -0.1) is 0 Å². The van der Waals surface area contributed by atoms with E-state index in [-0.39, 0.29) is 68.3 Å². The Balaban J connectivity index is 0.866. The molecule has 1 amide bonds. The summed E-state index contributed by atoms with van der Waals surface area (Å²) in [6.07, 6.45) is 10.7. The van der Waals surface area contributed by atoms with Crippen LogP contribution in [0, 0.1) is 34.0 Å². The molecule has 1 unspecified atom stereocenters. The number of rotatable bonds is 12. The number of hydrogen-bond donors (Lipinski definition) is 4. The van der Waals surface area contributed by atoms with Crippen molar-refractivity contribution in [2.45, 2.75) is 76.9 Å². The number of allylic oxidation sites excluding steroid dienone is 4. The molecule has 1 aromatic heterocycles. The zero-order valence-corrected chi connectivity index (χ0v) is 31.7. The maximum Gasteiger partial charge on any atom is 0.306 e. The van der Waals surface area contributed by atoms with Crippen molar-refractivity contribution in [2.75, 3.05) is 18.5 Å². The minimum absolute atomic E-state index is 0.0115. The quantitative estimate of drug-likeness (QED) is 0.171. The molecule has 7 rings (SSSR count). The SMILES string of the molecule is C[C@]12C=CC(=O)C=C1CC[C@@H]1C2C(=N)C[C@@]2(C)[C@H]1CC[C@]2(O)C(=O)COC(=O)CCC(=O)OCc1ccc([C@@H](CN)C(=O)Nc2ccc3cnccc3c2)cc1. The van der Waals surface area contributed by atoms with Gasteiger partial charge in [0.25, 0.3) is 0 Å². The molecule has 0 bridgehead atoms. The van der Waals surface area contributed by atoms with Crippen molar-refractivity contribution >= 4 is 51.6 Å². The first kappa shape index (κ1) is 38.9. The Hall–Kier alpha value is -5.33. The van der Waals surface area contributed by atoms with Crippen LogP contribution in [0.1, 0.15) is 75.8 Å². The average Bonchev–Trinajstić information content (AvgIpc) is 3.46. The molecule has 56 heavy (non-hydrogen) atoms. The Morgan fingerprint density at radius 2 is 1.77 bits per heavy atom. The Bertz CT molecular complexity index is 2160. The number of Topliss-reactive ketones (excluding diaryl/α,β-unsaturated/α-hetero) is 1. The van der Waals surface area contributed by atoms with E-state index in [0.29, 0.717) is 28.9 Å². The largest absolute Gasteiger partial charge is 0.461 e. The summed E-state index contributed by atoms with van der Waals surface area (Å²) in [5, 5.41) is 25.9. The number of ether oxygens (including phenoxy) is 2. The molecule has 0 spiro atoms. The van der Waals surface area contributed by atoms with Gasteiger partial charge in [-0.05, 0) is 90.8 Å². The smallest absolute Gasteiger partial charge is 0.306 e. The number of ketones is 2. The van der Waals surface area contributed by atoms with Crippen LogP contribution < -0.4 is 11.1 Å². The maximum absolute atomic E-state index is 13.6. The number of aliphatic hydroxyl groups is 1. The first-order chi connectivity index (χ1) is 26.8. The van der Waals surface area contributed by atoms with E-state index in [1.807, 2.05) is 37.3 Å². The lowest BCUT2D eigenvalue weighted by Gasteiger charge is -2.57. The van der Waals surface area contributed by atoms with Crippen molar-refractivity contribution in [1.82, 2.24) is 4.98 Å². The van der Waals surface area contributed by atoms with E-state index >= 15 is 0 Å². The fourth-order valence-corrected chi connectivity index (χ4v) is 9.98. The van der Waals surface area contributed by atoms with Crippen LogP contribution >= 0.6 is 0 Å². The number of amides is 1. The Kier molecular flexibility index (Phi) is 10.6. The number of nitrogens with two attached hydrogens (primary N) is 1. The summed E-state index contributed by atoms with van der Waals surface area (Å²) in [5.74, 6) is -2.92. The lowest BCUT2D eigenvalue weighted by atomic mass is 9.46. The second-order valence-corrected chi connectivity index (χ2v) is 16.2. The molecule has 0 saturated heterocycles. The Labute approximate surface area is 325 Å². The van der Waals surface area contributed by atoms with Crippen LogP contribution in [-0.4, -0.2) is 64.0 Å². The monoisotopic (exact) mass is 760 g/mol. The minimum Gasteiger partial charge on any atom is -0.461 e. The van der Waals surface area contributed by atoms with Gasteiger partial charge in [0.15, 0.2) is 12.4 Å². The normalized spacial score (nSPS) is 28.4. The summed E-state index contributed by atoms with van der Waals surface area (Å²) in [6, 6.07) is 14.4. The molecule has 12 heteroatoms. The third-order valence-electron chi connectivity index (χ3n) is 13.1. The Morgan fingerprint density at radius 1 is 1.02 bits per heavy atom. The molecule has 3 fully saturated rings. The van der Waals surface area contributed by atoms with Gasteiger partial charge in [-0.3, -0.25) is 29.0 Å². The standard InChI is InChI=1S/C44H48N4O8/c1-42-16-13-32(49)20-30(42)8-10-33-35-14-17-44(54,43(35,2)21-36(46)40(33)42)37(50)25-56-39(52)12-11-38(51)55-24-26-3-5-27(6-4-26)34(22-45)41(53)48-31-9-7-29-23-47-18-15-28(29)19-31/h3-7,9,13,15-16,18-20,23,33-35,40,46,54H,8,10-12,14,17,21-22,24-25,45H2,1-2H3,(H,48,53)/t33-,34+,35-,40?,42-,43-,44-/m0/s1. The van der Waals surface area contributed by atoms with E-state index in [0.717, 1.165) is 29.2 Å². The van der Waals surface area contributed by atoms with Crippen LogP contribution in [0.3, 0.4) is 0 Å². The molecule has 0 aliphatic heterocycles. The number of esters is 2. The topological polar surface area (TPSA) is 199 Å². The molecule has 3 aromatic rings. The van der Waals surface area contributed by atoms with Gasteiger partial charge in [-0.25, -0.2) is 0 Å². The van der Waals surface area contributed by atoms with E-state index in [2.05, 4.69) is 17.2 Å². The second kappa shape index (κ2) is 15.3. The molecule has 7 atom stereocenters. The maximum atomic E-state index is 13.6. The number of pyridine rings is 1. The molecule has 4 aliphatic carbocycles. The van der Waals surface area contributed by atoms with E-state index < -0.39 is 46.7 Å². The number of anilines is 1. The predicted molar refractivity (Wildman–Crippen MR) is 208 cm³/mol. The summed E-state index contributed by atoms with van der Waals surface area (Å²) >= 11 is 0. The molecular formula is C44H48N4O8. The highest BCUT2D eigenvalue weighted by atomic mass is 16.5. The van der Waals surface area contributed by atoms with Gasteiger partial charge in [0, 0.05) is 52.5 Å². The number of hydrogen-bond acceptors (Lipinski definition) is 11. The number of nitrogens with one attached hydrogen (secondary N) is 2. The fraction of sp³-hybridized carbons (Fsp3) is 0.432. The number of fused-ring (bicyclic) bond motifs is 6. The van der Waals surface area contributed by atoms with Gasteiger partial charge in [-0.2, -0.15) is 0 Å². The van der Waals surface area contributed by atoms with Gasteiger partial charge in [0.2, 0.25) is 11.7 Å². The minimum atomic E-state index is -1.76. The van der Waals surface area contributed by atoms with Gasteiger partial charge >= 0.3 is 11.9 Å². The van der Waals surface area contributed by atoms with Crippen molar-refractivity contribution in [3.05, 3.63) is 95.9 Å². The predicted octanol–water partition coefficient (Wildman–Crippen LogP) is 5.52. The van der Waals surface area contributed by atoms with Crippen molar-refractivity contribution in [2.24, 2.45) is 34.3 Å². The highest BCUT2D eigenvalue weighted by Gasteiger charge is 2.67. The summed E-state index contributed by atoms with van der Waals surface area (Å²) in [4.78, 5) is 68.0. The first-order valence-electron chi connectivity index (χ1n) is 19.3. The molecule has 2 aromatic carbocycles. The van der Waals surface area contributed by atoms with Crippen LogP contribution in [-0.2, 0) is 40.1 Å². The van der Waals surface area contributed by atoms with Crippen LogP contribution in [0.5, 0.6) is 0 Å². The van der Waals surface area contributed by atoms with Gasteiger partial charge in [-0.1, -0.05) is 55.8 Å². The van der Waals surface area contributed by atoms with Crippen LogP contribution in [0.25, 0.3) is 10.8 Å². The molecule has 12 nitrogen and oxygen atoms in total. The van der Waals surface area contributed by atoms with E-state index in [1.54, 1.807) is 48.8 Å². The molecule has 5 N–H and O–H groups in total. The molecule has 0 radical (unpaired) electrons. The van der Waals surface area contributed by atoms with Crippen LogP contribution in [0.2, 0.25) is 0 Å². The lowest BCUT2D eigenvalue weighted by molar-refractivity contribution is -0.165. The summed E-state index contributed by atoms with van der Waals surface area (Å²) in [6.45, 7) is 3.38. The second-order valence-electron chi connectivity index (χ2n) is 16.2. The molecule has 3 saturated carbocycles. The number of carbonyl (C=O) groups is 5. The fourth-order valence-electron chi connectivity index (χ4n) is 9.98. The van der Waals surface area contributed by atoms with Gasteiger partial charge < -0.3 is 31.0 Å². The zero-order chi connectivity index (χ0) is 39.8. The van der Waals surface area contributed by atoms with Crippen molar-refractivity contribution in [3.63, 3.8) is 0 Å². The third-order valence-corrected chi connectivity index (χ3v) is 13.1.